The summed E-state index contributed by atoms with van der Waals surface area (Å²) in [6.07, 6.45) is 1.99. The largest absolute Gasteiger partial charge is 0.496 e. The van der Waals surface area contributed by atoms with Crippen LogP contribution in [0.15, 0.2) is 18.2 Å². The molecule has 0 atom stereocenters. The lowest BCUT2D eigenvalue weighted by Crippen LogP contribution is -2.36. The molecule has 0 spiro atoms. The smallest absolute Gasteiger partial charge is 0.317 e. The average molecular weight is 263 g/mol. The maximum absolute atomic E-state index is 10.7. The standard InChI is InChI=1S/C15H21NO3/c1-11-3-4-14(19-2)13(9-11)12-5-7-16(8-6-12)10-15(17)18/h3-4,9,12H,5-8,10H2,1-2H3,(H,17,18). The molecule has 0 unspecified atom stereocenters. The molecule has 1 fully saturated rings. The highest BCUT2D eigenvalue weighted by atomic mass is 16.5. The normalized spacial score (nSPS) is 17.4. The first-order valence-corrected chi connectivity index (χ1v) is 6.69. The van der Waals surface area contributed by atoms with Gasteiger partial charge in [0.2, 0.25) is 0 Å². The second-order valence-corrected chi connectivity index (χ2v) is 5.19. The van der Waals surface area contributed by atoms with Crippen LogP contribution in [-0.4, -0.2) is 42.7 Å². The zero-order valence-corrected chi connectivity index (χ0v) is 11.6. The second-order valence-electron chi connectivity index (χ2n) is 5.19. The minimum atomic E-state index is -0.744. The van der Waals surface area contributed by atoms with E-state index in [0.29, 0.717) is 5.92 Å². The number of carboxylic acid groups (broad SMARTS) is 1. The first-order chi connectivity index (χ1) is 9.10. The van der Waals surface area contributed by atoms with Crippen LogP contribution in [0.1, 0.15) is 29.9 Å². The van der Waals surface area contributed by atoms with Gasteiger partial charge in [0.05, 0.1) is 13.7 Å². The first kappa shape index (κ1) is 13.9. The molecule has 0 bridgehead atoms. The van der Waals surface area contributed by atoms with Crippen molar-refractivity contribution < 1.29 is 14.6 Å². The molecule has 2 rings (SSSR count). The minimum absolute atomic E-state index is 0.150. The molecule has 1 aromatic carbocycles. The van der Waals surface area contributed by atoms with Crippen molar-refractivity contribution in [3.8, 4) is 5.75 Å². The van der Waals surface area contributed by atoms with Crippen LogP contribution >= 0.6 is 0 Å². The Kier molecular flexibility index (Phi) is 4.43. The summed E-state index contributed by atoms with van der Waals surface area (Å²) in [5, 5.41) is 8.81. The van der Waals surface area contributed by atoms with Gasteiger partial charge in [0.25, 0.3) is 0 Å². The van der Waals surface area contributed by atoms with Gasteiger partial charge in [-0.05, 0) is 50.4 Å². The number of likely N-dealkylation sites (tertiary alicyclic amines) is 1. The molecule has 1 aromatic rings. The first-order valence-electron chi connectivity index (χ1n) is 6.69. The number of benzene rings is 1. The Hall–Kier alpha value is -1.55. The molecule has 1 heterocycles. The molecule has 104 valence electrons. The molecule has 0 aromatic heterocycles. The number of ether oxygens (including phenoxy) is 1. The van der Waals surface area contributed by atoms with Gasteiger partial charge in [-0.3, -0.25) is 9.69 Å². The van der Waals surface area contributed by atoms with Gasteiger partial charge in [-0.2, -0.15) is 0 Å². The lowest BCUT2D eigenvalue weighted by Gasteiger charge is -2.31. The van der Waals surface area contributed by atoms with Crippen LogP contribution in [0.25, 0.3) is 0 Å². The molecular weight excluding hydrogens is 242 g/mol. The number of nitrogens with zero attached hydrogens (tertiary/aromatic N) is 1. The average Bonchev–Trinajstić information content (AvgIpc) is 2.39. The van der Waals surface area contributed by atoms with Crippen molar-refractivity contribution in [3.05, 3.63) is 29.3 Å². The van der Waals surface area contributed by atoms with E-state index in [0.717, 1.165) is 31.7 Å². The summed E-state index contributed by atoms with van der Waals surface area (Å²) in [7, 11) is 1.70. The molecule has 1 saturated heterocycles. The summed E-state index contributed by atoms with van der Waals surface area (Å²) < 4.78 is 5.44. The zero-order valence-electron chi connectivity index (χ0n) is 11.6. The lowest BCUT2D eigenvalue weighted by molar-refractivity contribution is -0.138. The van der Waals surface area contributed by atoms with E-state index < -0.39 is 5.97 Å². The number of aliphatic carboxylic acids is 1. The summed E-state index contributed by atoms with van der Waals surface area (Å²) in [4.78, 5) is 12.7. The van der Waals surface area contributed by atoms with Crippen LogP contribution in [0, 0.1) is 6.92 Å². The molecule has 1 N–H and O–H groups in total. The van der Waals surface area contributed by atoms with Crippen LogP contribution in [-0.2, 0) is 4.79 Å². The van der Waals surface area contributed by atoms with Gasteiger partial charge >= 0.3 is 5.97 Å². The summed E-state index contributed by atoms with van der Waals surface area (Å²) >= 11 is 0. The Morgan fingerprint density at radius 1 is 1.42 bits per heavy atom. The highest BCUT2D eigenvalue weighted by Gasteiger charge is 2.24. The summed E-state index contributed by atoms with van der Waals surface area (Å²) in [6, 6.07) is 6.27. The van der Waals surface area contributed by atoms with Crippen molar-refractivity contribution >= 4 is 5.97 Å². The van der Waals surface area contributed by atoms with E-state index in [1.54, 1.807) is 7.11 Å². The summed E-state index contributed by atoms with van der Waals surface area (Å²) in [5.74, 6) is 0.675. The number of aryl methyl sites for hydroxylation is 1. The molecule has 4 nitrogen and oxygen atoms in total. The number of carbonyl (C=O) groups is 1. The van der Waals surface area contributed by atoms with Crippen LogP contribution in [0.3, 0.4) is 0 Å². The molecule has 0 radical (unpaired) electrons. The quantitative estimate of drug-likeness (QED) is 0.905. The minimum Gasteiger partial charge on any atom is -0.496 e. The highest BCUT2D eigenvalue weighted by molar-refractivity contribution is 5.69. The molecule has 19 heavy (non-hydrogen) atoms. The van der Waals surface area contributed by atoms with Gasteiger partial charge in [0.1, 0.15) is 5.75 Å². The van der Waals surface area contributed by atoms with Gasteiger partial charge in [-0.15, -0.1) is 0 Å². The fourth-order valence-electron chi connectivity index (χ4n) is 2.77. The molecular formula is C15H21NO3. The van der Waals surface area contributed by atoms with Crippen molar-refractivity contribution in [2.45, 2.75) is 25.7 Å². The number of hydrogen-bond donors (Lipinski definition) is 1. The highest BCUT2D eigenvalue weighted by Crippen LogP contribution is 2.34. The lowest BCUT2D eigenvalue weighted by atomic mass is 9.88. The maximum Gasteiger partial charge on any atom is 0.317 e. The third kappa shape index (κ3) is 3.47. The number of methoxy groups -OCH3 is 1. The van der Waals surface area contributed by atoms with E-state index >= 15 is 0 Å². The second kappa shape index (κ2) is 6.06. The van der Waals surface area contributed by atoms with E-state index in [-0.39, 0.29) is 6.54 Å². The van der Waals surface area contributed by atoms with Crippen LogP contribution in [0.2, 0.25) is 0 Å². The van der Waals surface area contributed by atoms with E-state index in [1.165, 1.54) is 11.1 Å². The van der Waals surface area contributed by atoms with Crippen molar-refractivity contribution in [1.82, 2.24) is 4.90 Å². The zero-order chi connectivity index (χ0) is 13.8. The molecule has 0 saturated carbocycles. The van der Waals surface area contributed by atoms with E-state index in [9.17, 15) is 4.79 Å². The van der Waals surface area contributed by atoms with E-state index in [2.05, 4.69) is 19.1 Å². The fraction of sp³-hybridized carbons (Fsp3) is 0.533. The van der Waals surface area contributed by atoms with Crippen LogP contribution < -0.4 is 4.74 Å². The fourth-order valence-corrected chi connectivity index (χ4v) is 2.77. The van der Waals surface area contributed by atoms with Crippen molar-refractivity contribution in [1.29, 1.82) is 0 Å². The van der Waals surface area contributed by atoms with E-state index in [1.807, 2.05) is 11.0 Å². The van der Waals surface area contributed by atoms with Crippen molar-refractivity contribution in [3.63, 3.8) is 0 Å². The van der Waals surface area contributed by atoms with Crippen molar-refractivity contribution in [2.75, 3.05) is 26.7 Å². The third-order valence-corrected chi connectivity index (χ3v) is 3.77. The number of piperidine rings is 1. The summed E-state index contributed by atoms with van der Waals surface area (Å²) in [6.45, 7) is 3.92. The Balaban J connectivity index is 2.05. The predicted octanol–water partition coefficient (Wildman–Crippen LogP) is 2.27. The van der Waals surface area contributed by atoms with Gasteiger partial charge in [0.15, 0.2) is 0 Å². The maximum atomic E-state index is 10.7. The Labute approximate surface area is 114 Å². The Morgan fingerprint density at radius 3 is 2.68 bits per heavy atom. The summed E-state index contributed by atoms with van der Waals surface area (Å²) in [5.41, 5.74) is 2.50. The molecule has 1 aliphatic rings. The monoisotopic (exact) mass is 263 g/mol. The van der Waals surface area contributed by atoms with Gasteiger partial charge in [-0.25, -0.2) is 0 Å². The van der Waals surface area contributed by atoms with E-state index in [4.69, 9.17) is 9.84 Å². The van der Waals surface area contributed by atoms with Gasteiger partial charge < -0.3 is 9.84 Å². The molecule has 4 heteroatoms. The van der Waals surface area contributed by atoms with Crippen LogP contribution in [0.5, 0.6) is 5.75 Å². The molecule has 0 aliphatic carbocycles. The van der Waals surface area contributed by atoms with Gasteiger partial charge in [-0.1, -0.05) is 17.7 Å². The van der Waals surface area contributed by atoms with Crippen molar-refractivity contribution in [2.24, 2.45) is 0 Å². The number of rotatable bonds is 4. The molecule has 0 amide bonds. The Morgan fingerprint density at radius 2 is 2.11 bits per heavy atom. The van der Waals surface area contributed by atoms with Crippen LogP contribution in [0.4, 0.5) is 0 Å². The number of hydrogen-bond acceptors (Lipinski definition) is 3. The number of carboxylic acids is 1. The van der Waals surface area contributed by atoms with Gasteiger partial charge in [0, 0.05) is 0 Å². The SMILES string of the molecule is COc1ccc(C)cc1C1CCN(CC(=O)O)CC1. The topological polar surface area (TPSA) is 49.8 Å². The predicted molar refractivity (Wildman–Crippen MR) is 73.8 cm³/mol. The molecule has 1 aliphatic heterocycles. The Bertz CT molecular complexity index is 451. The third-order valence-electron chi connectivity index (χ3n) is 3.77.